The second-order valence-corrected chi connectivity index (χ2v) is 8.70. The van der Waals surface area contributed by atoms with E-state index in [0.717, 1.165) is 38.8 Å². The van der Waals surface area contributed by atoms with Crippen molar-refractivity contribution in [2.24, 2.45) is 5.92 Å². The topological polar surface area (TPSA) is 94.9 Å². The van der Waals surface area contributed by atoms with E-state index in [4.69, 9.17) is 9.47 Å². The summed E-state index contributed by atoms with van der Waals surface area (Å²) < 4.78 is 11.0. The van der Waals surface area contributed by atoms with Crippen LogP contribution in [0, 0.1) is 17.2 Å². The summed E-state index contributed by atoms with van der Waals surface area (Å²) in [6.07, 6.45) is 6.06. The Morgan fingerprint density at radius 3 is 2.45 bits per heavy atom. The first-order valence-electron chi connectivity index (χ1n) is 11.0. The maximum absolute atomic E-state index is 13.2. The van der Waals surface area contributed by atoms with Crippen molar-refractivity contribution >= 4 is 12.0 Å². The van der Waals surface area contributed by atoms with Crippen LogP contribution in [0.15, 0.2) is 0 Å². The molecule has 1 atom stereocenters. The molecular formula is C21H34N4O4. The number of nitriles is 1. The molecule has 0 aromatic carbocycles. The molecule has 2 heterocycles. The van der Waals surface area contributed by atoms with Gasteiger partial charge in [0, 0.05) is 26.2 Å². The lowest BCUT2D eigenvalue weighted by Crippen LogP contribution is -2.57. The van der Waals surface area contributed by atoms with Crippen molar-refractivity contribution in [1.29, 1.82) is 5.26 Å². The summed E-state index contributed by atoms with van der Waals surface area (Å²) in [5.41, 5.74) is -0.875. The number of nitrogens with one attached hydrogen (secondary N) is 1. The van der Waals surface area contributed by atoms with E-state index < -0.39 is 17.7 Å². The molecule has 0 unspecified atom stereocenters. The molecule has 162 valence electrons. The Morgan fingerprint density at radius 2 is 1.83 bits per heavy atom. The zero-order valence-corrected chi connectivity index (χ0v) is 17.5. The van der Waals surface area contributed by atoms with Crippen molar-refractivity contribution in [3.05, 3.63) is 0 Å². The van der Waals surface area contributed by atoms with Gasteiger partial charge in [0.15, 0.2) is 6.10 Å². The highest BCUT2D eigenvalue weighted by Crippen LogP contribution is 2.29. The lowest BCUT2D eigenvalue weighted by atomic mass is 9.84. The van der Waals surface area contributed by atoms with E-state index in [-0.39, 0.29) is 5.91 Å². The molecule has 1 aliphatic carbocycles. The van der Waals surface area contributed by atoms with Gasteiger partial charge in [-0.1, -0.05) is 32.1 Å². The van der Waals surface area contributed by atoms with Gasteiger partial charge in [-0.05, 0) is 32.2 Å². The molecule has 3 aliphatic rings. The maximum atomic E-state index is 13.2. The number of nitrogens with zero attached hydrogens (tertiary/aromatic N) is 3. The third kappa shape index (κ3) is 6.06. The second kappa shape index (κ2) is 10.3. The molecule has 0 radical (unpaired) electrons. The number of piperidine rings is 1. The van der Waals surface area contributed by atoms with Crippen LogP contribution in [0.3, 0.4) is 0 Å². The van der Waals surface area contributed by atoms with Gasteiger partial charge in [-0.3, -0.25) is 4.79 Å². The average molecular weight is 407 g/mol. The van der Waals surface area contributed by atoms with E-state index in [1.54, 1.807) is 4.90 Å². The van der Waals surface area contributed by atoms with Crippen LogP contribution in [0.25, 0.3) is 0 Å². The number of hydrogen-bond donors (Lipinski definition) is 1. The zero-order valence-electron chi connectivity index (χ0n) is 17.5. The SMILES string of the molecule is CN1CCC(C#N)(NC(=O)[C@H](CC2CCCCC2)OC(=O)N2CCOCC2)CC1. The van der Waals surface area contributed by atoms with Crippen molar-refractivity contribution in [3.8, 4) is 6.07 Å². The van der Waals surface area contributed by atoms with Crippen molar-refractivity contribution in [2.45, 2.75) is 63.0 Å². The van der Waals surface area contributed by atoms with Gasteiger partial charge < -0.3 is 24.6 Å². The molecule has 3 fully saturated rings. The molecule has 0 aromatic rings. The summed E-state index contributed by atoms with van der Waals surface area (Å²) in [5.74, 6) is 0.0517. The van der Waals surface area contributed by atoms with Crippen LogP contribution in [-0.4, -0.2) is 79.9 Å². The molecule has 1 N–H and O–H groups in total. The first-order chi connectivity index (χ1) is 14.0. The predicted octanol–water partition coefficient (Wildman–Crippen LogP) is 1.90. The Kier molecular flexibility index (Phi) is 7.73. The summed E-state index contributed by atoms with van der Waals surface area (Å²) in [5, 5.41) is 12.7. The molecule has 2 amide bonds. The number of hydrogen-bond acceptors (Lipinski definition) is 6. The number of rotatable bonds is 5. The summed E-state index contributed by atoms with van der Waals surface area (Å²) in [6.45, 7) is 3.44. The Labute approximate surface area is 173 Å². The van der Waals surface area contributed by atoms with Gasteiger partial charge in [0.25, 0.3) is 5.91 Å². The number of likely N-dealkylation sites (tertiary alicyclic amines) is 1. The van der Waals surface area contributed by atoms with E-state index >= 15 is 0 Å². The highest BCUT2D eigenvalue weighted by Gasteiger charge is 2.39. The Bertz CT molecular complexity index is 600. The molecular weight excluding hydrogens is 372 g/mol. The number of carbonyl (C=O) groups is 2. The fourth-order valence-electron chi connectivity index (χ4n) is 4.46. The Hall–Kier alpha value is -1.85. The summed E-state index contributed by atoms with van der Waals surface area (Å²) in [7, 11) is 2.01. The molecule has 8 nitrogen and oxygen atoms in total. The fourth-order valence-corrected chi connectivity index (χ4v) is 4.46. The predicted molar refractivity (Wildman–Crippen MR) is 107 cm³/mol. The molecule has 3 rings (SSSR count). The lowest BCUT2D eigenvalue weighted by molar-refractivity contribution is -0.133. The number of morpholine rings is 1. The van der Waals surface area contributed by atoms with Gasteiger partial charge in [-0.15, -0.1) is 0 Å². The zero-order chi connectivity index (χ0) is 20.7. The monoisotopic (exact) mass is 406 g/mol. The molecule has 0 bridgehead atoms. The van der Waals surface area contributed by atoms with Gasteiger partial charge in [-0.2, -0.15) is 5.26 Å². The maximum Gasteiger partial charge on any atom is 0.410 e. The average Bonchev–Trinajstić information content (AvgIpc) is 2.76. The molecule has 29 heavy (non-hydrogen) atoms. The van der Waals surface area contributed by atoms with Gasteiger partial charge in [-0.25, -0.2) is 4.79 Å². The smallest absolute Gasteiger partial charge is 0.410 e. The standard InChI is InChI=1S/C21H34N4O4/c1-24-9-7-21(16-22,8-10-24)23-19(26)18(15-17-5-3-2-4-6-17)29-20(27)25-11-13-28-14-12-25/h17-18H,2-15H2,1H3,(H,23,26)/t18-/m0/s1. The van der Waals surface area contributed by atoms with Crippen molar-refractivity contribution < 1.29 is 19.1 Å². The Morgan fingerprint density at radius 1 is 1.17 bits per heavy atom. The van der Waals surface area contributed by atoms with Crippen LogP contribution in [0.2, 0.25) is 0 Å². The van der Waals surface area contributed by atoms with Crippen LogP contribution in [0.4, 0.5) is 4.79 Å². The first-order valence-corrected chi connectivity index (χ1v) is 11.0. The lowest BCUT2D eigenvalue weighted by Gasteiger charge is -2.37. The minimum Gasteiger partial charge on any atom is -0.436 e. The van der Waals surface area contributed by atoms with Crippen LogP contribution in [0.5, 0.6) is 0 Å². The van der Waals surface area contributed by atoms with Gasteiger partial charge in [0.05, 0.1) is 19.3 Å². The van der Waals surface area contributed by atoms with Crippen molar-refractivity contribution in [3.63, 3.8) is 0 Å². The quantitative estimate of drug-likeness (QED) is 0.749. The van der Waals surface area contributed by atoms with Crippen LogP contribution in [0.1, 0.15) is 51.4 Å². The minimum absolute atomic E-state index is 0.330. The van der Waals surface area contributed by atoms with Crippen LogP contribution < -0.4 is 5.32 Å². The molecule has 1 saturated carbocycles. The van der Waals surface area contributed by atoms with E-state index in [9.17, 15) is 14.9 Å². The summed E-state index contributed by atoms with van der Waals surface area (Å²) >= 11 is 0. The third-order valence-electron chi connectivity index (χ3n) is 6.49. The minimum atomic E-state index is -0.875. The van der Waals surface area contributed by atoms with Crippen LogP contribution in [-0.2, 0) is 14.3 Å². The van der Waals surface area contributed by atoms with Gasteiger partial charge in [0.2, 0.25) is 0 Å². The van der Waals surface area contributed by atoms with E-state index in [2.05, 4.69) is 16.3 Å². The first kappa shape index (κ1) is 21.8. The van der Waals surface area contributed by atoms with Crippen molar-refractivity contribution in [2.75, 3.05) is 46.4 Å². The summed E-state index contributed by atoms with van der Waals surface area (Å²) in [4.78, 5) is 29.5. The van der Waals surface area contributed by atoms with E-state index in [0.29, 0.717) is 51.5 Å². The number of carbonyl (C=O) groups excluding carboxylic acids is 2. The molecule has 2 saturated heterocycles. The third-order valence-corrected chi connectivity index (χ3v) is 6.49. The van der Waals surface area contributed by atoms with E-state index in [1.165, 1.54) is 6.42 Å². The molecule has 8 heteroatoms. The van der Waals surface area contributed by atoms with E-state index in [1.807, 2.05) is 7.05 Å². The Balaban J connectivity index is 1.66. The van der Waals surface area contributed by atoms with Gasteiger partial charge in [0.1, 0.15) is 5.54 Å². The van der Waals surface area contributed by atoms with Crippen LogP contribution >= 0.6 is 0 Å². The molecule has 2 aliphatic heterocycles. The second-order valence-electron chi connectivity index (χ2n) is 8.70. The van der Waals surface area contributed by atoms with Gasteiger partial charge >= 0.3 is 6.09 Å². The number of amides is 2. The van der Waals surface area contributed by atoms with Crippen molar-refractivity contribution in [1.82, 2.24) is 15.1 Å². The number of ether oxygens (including phenoxy) is 2. The largest absolute Gasteiger partial charge is 0.436 e. The molecule has 0 spiro atoms. The fraction of sp³-hybridized carbons (Fsp3) is 0.857. The highest BCUT2D eigenvalue weighted by atomic mass is 16.6. The molecule has 0 aromatic heterocycles. The normalized spacial score (nSPS) is 24.3. The highest BCUT2D eigenvalue weighted by molar-refractivity contribution is 5.84. The summed E-state index contributed by atoms with van der Waals surface area (Å²) in [6, 6.07) is 2.32.